The van der Waals surface area contributed by atoms with E-state index in [1.807, 2.05) is 6.08 Å². The lowest BCUT2D eigenvalue weighted by molar-refractivity contribution is 0.0929. The number of pyridine rings is 1. The molecule has 2 aromatic rings. The highest BCUT2D eigenvalue weighted by Crippen LogP contribution is 2.51. The van der Waals surface area contributed by atoms with Crippen LogP contribution in [0.2, 0.25) is 0 Å². The van der Waals surface area contributed by atoms with Gasteiger partial charge in [-0.05, 0) is 37.0 Å². The average Bonchev–Trinajstić information content (AvgIpc) is 3.07. The summed E-state index contributed by atoms with van der Waals surface area (Å²) in [5.41, 5.74) is 2.29. The van der Waals surface area contributed by atoms with Crippen molar-refractivity contribution in [2.75, 3.05) is 22.2 Å². The van der Waals surface area contributed by atoms with Crippen molar-refractivity contribution in [3.63, 3.8) is 0 Å². The van der Waals surface area contributed by atoms with Crippen molar-refractivity contribution in [3.8, 4) is 0 Å². The summed E-state index contributed by atoms with van der Waals surface area (Å²) in [6.45, 7) is -0.256. The van der Waals surface area contributed by atoms with E-state index in [1.165, 1.54) is 7.05 Å². The topological polar surface area (TPSA) is 100 Å². The number of carbonyl (C=O) groups excluding carboxylic acids is 1. The van der Waals surface area contributed by atoms with E-state index in [9.17, 15) is 22.0 Å². The van der Waals surface area contributed by atoms with E-state index in [2.05, 4.69) is 15.3 Å². The SMILES string of the molecule is CN1c2nc(C3=CCC(NC(=O)c4cn(C)cn4)CC3)ccc2N(CC2CC2(F)F)S1(=O)=O. The summed E-state index contributed by atoms with van der Waals surface area (Å²) < 4.78 is 56.2. The third-order valence-corrected chi connectivity index (χ3v) is 8.17. The summed E-state index contributed by atoms with van der Waals surface area (Å²) in [5, 5.41) is 2.98. The normalized spacial score (nSPS) is 24.9. The van der Waals surface area contributed by atoms with Crippen LogP contribution >= 0.6 is 0 Å². The van der Waals surface area contributed by atoms with E-state index in [0.717, 1.165) is 14.2 Å². The van der Waals surface area contributed by atoms with E-state index in [0.29, 0.717) is 36.3 Å². The smallest absolute Gasteiger partial charge is 0.327 e. The Bertz CT molecular complexity index is 1260. The minimum atomic E-state index is -3.93. The van der Waals surface area contributed by atoms with E-state index < -0.39 is 22.0 Å². The van der Waals surface area contributed by atoms with Crippen molar-refractivity contribution in [2.24, 2.45) is 13.0 Å². The number of amides is 1. The number of nitrogens with zero attached hydrogens (tertiary/aromatic N) is 5. The highest BCUT2D eigenvalue weighted by atomic mass is 32.2. The summed E-state index contributed by atoms with van der Waals surface area (Å²) in [6.07, 6.45) is 6.91. The van der Waals surface area contributed by atoms with Crippen LogP contribution in [0.1, 0.15) is 41.9 Å². The number of aromatic nitrogens is 3. The summed E-state index contributed by atoms with van der Waals surface area (Å²) in [4.78, 5) is 20.9. The molecule has 1 fully saturated rings. The molecule has 0 spiro atoms. The maximum Gasteiger partial charge on any atom is 0.327 e. The molecular formula is C21H24F2N6O3S. The van der Waals surface area contributed by atoms with E-state index in [-0.39, 0.29) is 30.7 Å². The van der Waals surface area contributed by atoms with Crippen LogP contribution in [0, 0.1) is 5.92 Å². The first-order valence-electron chi connectivity index (χ1n) is 10.7. The van der Waals surface area contributed by atoms with Crippen LogP contribution in [-0.2, 0) is 17.3 Å². The number of carbonyl (C=O) groups is 1. The standard InChI is InChI=1S/C21H24F2N6O3S/c1-27-11-17(24-12-27)20(30)25-15-5-3-13(4-6-15)16-7-8-18-19(26-16)28(2)33(31,32)29(18)10-14-9-21(14,22)23/h3,7-8,11-12,14-15H,4-6,9-10H2,1-2H3,(H,25,30). The molecule has 1 aliphatic heterocycles. The molecule has 9 nitrogen and oxygen atoms in total. The molecule has 2 atom stereocenters. The molecular weight excluding hydrogens is 454 g/mol. The van der Waals surface area contributed by atoms with Gasteiger partial charge in [0, 0.05) is 45.2 Å². The molecule has 0 bridgehead atoms. The highest BCUT2D eigenvalue weighted by Gasteiger charge is 2.59. The van der Waals surface area contributed by atoms with Crippen LogP contribution in [-0.4, -0.2) is 54.4 Å². The first-order valence-corrected chi connectivity index (χ1v) is 12.1. The Morgan fingerprint density at radius 2 is 2.06 bits per heavy atom. The van der Waals surface area contributed by atoms with Gasteiger partial charge in [0.15, 0.2) is 5.82 Å². The molecule has 1 N–H and O–H groups in total. The Hall–Kier alpha value is -3.02. The molecule has 2 unspecified atom stereocenters. The Balaban J connectivity index is 1.30. The summed E-state index contributed by atoms with van der Waals surface area (Å²) >= 11 is 0. The van der Waals surface area contributed by atoms with Gasteiger partial charge in [0.25, 0.3) is 11.8 Å². The highest BCUT2D eigenvalue weighted by molar-refractivity contribution is 7.94. The van der Waals surface area contributed by atoms with Gasteiger partial charge in [0.1, 0.15) is 5.69 Å². The molecule has 12 heteroatoms. The summed E-state index contributed by atoms with van der Waals surface area (Å²) in [6, 6.07) is 3.33. The average molecular weight is 479 g/mol. The van der Waals surface area contributed by atoms with E-state index in [1.54, 1.807) is 36.3 Å². The van der Waals surface area contributed by atoms with Gasteiger partial charge < -0.3 is 9.88 Å². The number of rotatable bonds is 5. The molecule has 3 heterocycles. The van der Waals surface area contributed by atoms with Gasteiger partial charge in [0.05, 0.1) is 17.7 Å². The van der Waals surface area contributed by atoms with Crippen LogP contribution in [0.15, 0.2) is 30.7 Å². The lowest BCUT2D eigenvalue weighted by Crippen LogP contribution is -2.37. The second-order valence-electron chi connectivity index (χ2n) is 8.81. The van der Waals surface area contributed by atoms with Gasteiger partial charge >= 0.3 is 10.2 Å². The van der Waals surface area contributed by atoms with Gasteiger partial charge in [-0.1, -0.05) is 6.08 Å². The quantitative estimate of drug-likeness (QED) is 0.711. The monoisotopic (exact) mass is 478 g/mol. The Kier molecular flexibility index (Phi) is 4.96. The third kappa shape index (κ3) is 3.85. The van der Waals surface area contributed by atoms with Gasteiger partial charge in [-0.25, -0.2) is 27.4 Å². The predicted octanol–water partition coefficient (Wildman–Crippen LogP) is 2.34. The fourth-order valence-electron chi connectivity index (χ4n) is 4.28. The number of hydrogen-bond donors (Lipinski definition) is 1. The Morgan fingerprint density at radius 1 is 1.30 bits per heavy atom. The zero-order valence-electron chi connectivity index (χ0n) is 18.2. The van der Waals surface area contributed by atoms with Crippen molar-refractivity contribution in [2.45, 2.75) is 37.6 Å². The number of nitrogens with one attached hydrogen (secondary N) is 1. The van der Waals surface area contributed by atoms with Crippen LogP contribution in [0.25, 0.3) is 5.57 Å². The third-order valence-electron chi connectivity index (χ3n) is 6.40. The van der Waals surface area contributed by atoms with Crippen molar-refractivity contribution < 1.29 is 22.0 Å². The van der Waals surface area contributed by atoms with Crippen LogP contribution in [0.3, 0.4) is 0 Å². The summed E-state index contributed by atoms with van der Waals surface area (Å²) in [5.74, 6) is -3.76. The largest absolute Gasteiger partial charge is 0.348 e. The first-order chi connectivity index (χ1) is 15.6. The molecule has 5 rings (SSSR count). The van der Waals surface area contributed by atoms with Crippen LogP contribution in [0.4, 0.5) is 20.3 Å². The van der Waals surface area contributed by atoms with Gasteiger partial charge in [0.2, 0.25) is 0 Å². The number of aryl methyl sites for hydroxylation is 1. The molecule has 1 amide bonds. The van der Waals surface area contributed by atoms with Crippen molar-refractivity contribution in [3.05, 3.63) is 42.1 Å². The van der Waals surface area contributed by atoms with Crippen molar-refractivity contribution in [1.29, 1.82) is 0 Å². The molecule has 0 aromatic carbocycles. The second kappa shape index (κ2) is 7.51. The molecule has 0 radical (unpaired) electrons. The fraction of sp³-hybridized carbons (Fsp3) is 0.476. The maximum atomic E-state index is 13.4. The molecule has 176 valence electrons. The van der Waals surface area contributed by atoms with Crippen molar-refractivity contribution in [1.82, 2.24) is 19.9 Å². The number of imidazole rings is 1. The Labute approximate surface area is 190 Å². The molecule has 0 saturated heterocycles. The van der Waals surface area contributed by atoms with Crippen LogP contribution < -0.4 is 13.9 Å². The van der Waals surface area contributed by atoms with Gasteiger partial charge in [-0.3, -0.25) is 4.79 Å². The maximum absolute atomic E-state index is 13.4. The first kappa shape index (κ1) is 21.8. The zero-order chi connectivity index (χ0) is 23.5. The minimum Gasteiger partial charge on any atom is -0.348 e. The Morgan fingerprint density at radius 3 is 2.67 bits per heavy atom. The van der Waals surface area contributed by atoms with Crippen LogP contribution in [0.5, 0.6) is 0 Å². The van der Waals surface area contributed by atoms with E-state index in [4.69, 9.17) is 0 Å². The number of anilines is 2. The lowest BCUT2D eigenvalue weighted by atomic mass is 9.93. The lowest BCUT2D eigenvalue weighted by Gasteiger charge is -2.23. The molecule has 3 aliphatic rings. The van der Waals surface area contributed by atoms with Crippen molar-refractivity contribution >= 4 is 33.2 Å². The predicted molar refractivity (Wildman–Crippen MR) is 118 cm³/mol. The second-order valence-corrected chi connectivity index (χ2v) is 10.7. The van der Waals surface area contributed by atoms with Gasteiger partial charge in [-0.2, -0.15) is 8.42 Å². The number of fused-ring (bicyclic) bond motifs is 1. The number of hydrogen-bond acceptors (Lipinski definition) is 5. The number of alkyl halides is 2. The molecule has 1 saturated carbocycles. The molecule has 33 heavy (non-hydrogen) atoms. The zero-order valence-corrected chi connectivity index (χ0v) is 19.0. The van der Waals surface area contributed by atoms with Gasteiger partial charge in [-0.15, -0.1) is 0 Å². The van der Waals surface area contributed by atoms with E-state index >= 15 is 0 Å². The minimum absolute atomic E-state index is 0.0311. The number of halogens is 2. The molecule has 2 aromatic heterocycles. The summed E-state index contributed by atoms with van der Waals surface area (Å²) in [7, 11) is -0.747. The number of allylic oxidation sites excluding steroid dienone is 1. The fourth-order valence-corrected chi connectivity index (χ4v) is 5.68. The molecule has 2 aliphatic carbocycles.